The molecule has 2 amide bonds. The van der Waals surface area contributed by atoms with E-state index in [1.54, 1.807) is 59.3 Å². The summed E-state index contributed by atoms with van der Waals surface area (Å²) in [7, 11) is 0. The molecule has 6 rings (SSSR count). The van der Waals surface area contributed by atoms with Crippen molar-refractivity contribution in [1.29, 1.82) is 0 Å². The standard InChI is InChI=1S/C38H35BrN4O5/c1-26(9-7-16-35(45)41(19-20-44)24-27-10-3-2-4-11-27)38(48)33-22-30(39)17-18-34(33)42(37(38)47)25-28-12-8-14-31(21-28)43-36(46)32-15-6-5-13-29(32)23-40-43/h2-15,17-18,21-23,26,44,48H,16,19-20,24-25H2,1H3/b9-7+/t26-,38+/m0/s1. The lowest BCUT2D eigenvalue weighted by Gasteiger charge is -2.28. The van der Waals surface area contributed by atoms with Crippen LogP contribution in [0.3, 0.4) is 0 Å². The van der Waals surface area contributed by atoms with Crippen LogP contribution in [0.1, 0.15) is 30.0 Å². The van der Waals surface area contributed by atoms with Gasteiger partial charge in [-0.2, -0.15) is 9.78 Å². The van der Waals surface area contributed by atoms with Crippen molar-refractivity contribution in [3.8, 4) is 5.69 Å². The molecule has 2 N–H and O–H groups in total. The highest BCUT2D eigenvalue weighted by molar-refractivity contribution is 9.10. The molecule has 0 unspecified atom stereocenters. The van der Waals surface area contributed by atoms with E-state index in [0.29, 0.717) is 33.3 Å². The number of fused-ring (bicyclic) bond motifs is 2. The Balaban J connectivity index is 1.23. The van der Waals surface area contributed by atoms with Gasteiger partial charge in [-0.3, -0.25) is 14.4 Å². The Labute approximate surface area is 286 Å². The van der Waals surface area contributed by atoms with Crippen molar-refractivity contribution in [1.82, 2.24) is 14.7 Å². The number of carbonyl (C=O) groups is 2. The number of hydrogen-bond donors (Lipinski definition) is 2. The average Bonchev–Trinajstić information content (AvgIpc) is 3.30. The van der Waals surface area contributed by atoms with E-state index < -0.39 is 17.4 Å². The average molecular weight is 708 g/mol. The van der Waals surface area contributed by atoms with Crippen LogP contribution in [0.25, 0.3) is 16.5 Å². The van der Waals surface area contributed by atoms with Gasteiger partial charge in [0.2, 0.25) is 5.91 Å². The molecule has 0 radical (unpaired) electrons. The lowest BCUT2D eigenvalue weighted by Crippen LogP contribution is -2.44. The molecule has 0 spiro atoms. The maximum absolute atomic E-state index is 14.1. The van der Waals surface area contributed by atoms with Gasteiger partial charge in [0.25, 0.3) is 11.5 Å². The Morgan fingerprint density at radius 3 is 2.52 bits per heavy atom. The molecular weight excluding hydrogens is 672 g/mol. The second-order valence-electron chi connectivity index (χ2n) is 11.9. The highest BCUT2D eigenvalue weighted by Crippen LogP contribution is 2.46. The lowest BCUT2D eigenvalue weighted by atomic mass is 9.83. The maximum Gasteiger partial charge on any atom is 0.279 e. The number of benzene rings is 4. The molecule has 2 heterocycles. The van der Waals surface area contributed by atoms with Gasteiger partial charge in [-0.1, -0.05) is 95.7 Å². The molecule has 5 aromatic rings. The zero-order valence-electron chi connectivity index (χ0n) is 26.4. The van der Waals surface area contributed by atoms with Gasteiger partial charge in [-0.15, -0.1) is 0 Å². The minimum atomic E-state index is -1.89. The summed E-state index contributed by atoms with van der Waals surface area (Å²) in [4.78, 5) is 43.6. The number of hydrogen-bond acceptors (Lipinski definition) is 6. The molecule has 0 saturated carbocycles. The van der Waals surface area contributed by atoms with Gasteiger partial charge in [0.05, 0.1) is 36.1 Å². The van der Waals surface area contributed by atoms with Gasteiger partial charge in [-0.05, 0) is 47.5 Å². The zero-order valence-corrected chi connectivity index (χ0v) is 28.0. The third-order valence-electron chi connectivity index (χ3n) is 8.74. The van der Waals surface area contributed by atoms with Gasteiger partial charge >= 0.3 is 0 Å². The van der Waals surface area contributed by atoms with E-state index in [1.807, 2.05) is 72.8 Å². The summed E-state index contributed by atoms with van der Waals surface area (Å²) in [5, 5.41) is 27.3. The highest BCUT2D eigenvalue weighted by atomic mass is 79.9. The van der Waals surface area contributed by atoms with Crippen LogP contribution in [-0.2, 0) is 28.3 Å². The number of aliphatic hydroxyl groups is 2. The first-order valence-corrected chi connectivity index (χ1v) is 16.5. The Kier molecular flexibility index (Phi) is 9.68. The van der Waals surface area contributed by atoms with Crippen molar-refractivity contribution >= 4 is 44.2 Å². The zero-order chi connectivity index (χ0) is 33.8. The Hall–Kier alpha value is -4.90. The fourth-order valence-electron chi connectivity index (χ4n) is 6.18. The number of amides is 2. The second kappa shape index (κ2) is 14.1. The molecule has 1 aliphatic rings. The maximum atomic E-state index is 14.1. The fourth-order valence-corrected chi connectivity index (χ4v) is 6.54. The predicted molar refractivity (Wildman–Crippen MR) is 188 cm³/mol. The molecular formula is C38H35BrN4O5. The summed E-state index contributed by atoms with van der Waals surface area (Å²) >= 11 is 3.49. The summed E-state index contributed by atoms with van der Waals surface area (Å²) in [5.41, 5.74) is 1.16. The predicted octanol–water partition coefficient (Wildman–Crippen LogP) is 5.49. The number of rotatable bonds is 11. The smallest absolute Gasteiger partial charge is 0.279 e. The number of nitrogens with zero attached hydrogens (tertiary/aromatic N) is 4. The van der Waals surface area contributed by atoms with E-state index in [9.17, 15) is 24.6 Å². The van der Waals surface area contributed by atoms with Gasteiger partial charge < -0.3 is 20.0 Å². The van der Waals surface area contributed by atoms with Gasteiger partial charge in [0.15, 0.2) is 5.60 Å². The SMILES string of the molecule is C[C@@H](/C=C/CC(=O)N(CCO)Cc1ccccc1)[C@]1(O)C(=O)N(Cc2cccc(-n3ncc4ccccc4c3=O)c2)c2ccc(Br)cc21. The lowest BCUT2D eigenvalue weighted by molar-refractivity contribution is -0.139. The molecule has 0 saturated heterocycles. The van der Waals surface area contributed by atoms with Gasteiger partial charge in [0, 0.05) is 40.9 Å². The van der Waals surface area contributed by atoms with E-state index in [1.165, 1.54) is 4.68 Å². The van der Waals surface area contributed by atoms with E-state index in [2.05, 4.69) is 21.0 Å². The van der Waals surface area contributed by atoms with Crippen LogP contribution in [0.5, 0.6) is 0 Å². The van der Waals surface area contributed by atoms with Crippen LogP contribution in [0.4, 0.5) is 5.69 Å². The molecule has 244 valence electrons. The molecule has 9 nitrogen and oxygen atoms in total. The van der Waals surface area contributed by atoms with Crippen LogP contribution >= 0.6 is 15.9 Å². The molecule has 0 aliphatic carbocycles. The Morgan fingerprint density at radius 2 is 1.73 bits per heavy atom. The van der Waals surface area contributed by atoms with Crippen LogP contribution in [-0.4, -0.2) is 49.9 Å². The first kappa shape index (κ1) is 33.0. The first-order valence-electron chi connectivity index (χ1n) is 15.7. The Morgan fingerprint density at radius 1 is 0.979 bits per heavy atom. The van der Waals surface area contributed by atoms with Crippen molar-refractivity contribution in [3.05, 3.63) is 147 Å². The Bertz CT molecular complexity index is 2060. The molecule has 4 aromatic carbocycles. The summed E-state index contributed by atoms with van der Waals surface area (Å²) in [6, 6.07) is 29.5. The largest absolute Gasteiger partial charge is 0.395 e. The summed E-state index contributed by atoms with van der Waals surface area (Å²) in [5.74, 6) is -1.34. The molecule has 1 aromatic heterocycles. The van der Waals surface area contributed by atoms with Crippen LogP contribution in [0.15, 0.2) is 125 Å². The minimum Gasteiger partial charge on any atom is -0.395 e. The van der Waals surface area contributed by atoms with E-state index in [-0.39, 0.29) is 37.6 Å². The summed E-state index contributed by atoms with van der Waals surface area (Å²) < 4.78 is 2.05. The molecule has 2 atom stereocenters. The quantitative estimate of drug-likeness (QED) is 0.176. The molecule has 0 bridgehead atoms. The monoisotopic (exact) mass is 706 g/mol. The number of aliphatic hydroxyl groups excluding tert-OH is 1. The van der Waals surface area contributed by atoms with Crippen molar-refractivity contribution in [2.24, 2.45) is 5.92 Å². The number of aromatic nitrogens is 2. The number of halogens is 1. The van der Waals surface area contributed by atoms with Crippen LogP contribution in [0, 0.1) is 5.92 Å². The minimum absolute atomic E-state index is 0.0471. The third-order valence-corrected chi connectivity index (χ3v) is 9.23. The van der Waals surface area contributed by atoms with Crippen LogP contribution in [0.2, 0.25) is 0 Å². The van der Waals surface area contributed by atoms with E-state index in [4.69, 9.17) is 0 Å². The molecule has 0 fully saturated rings. The van der Waals surface area contributed by atoms with Crippen molar-refractivity contribution < 1.29 is 19.8 Å². The highest BCUT2D eigenvalue weighted by Gasteiger charge is 2.52. The molecule has 48 heavy (non-hydrogen) atoms. The van der Waals surface area contributed by atoms with E-state index >= 15 is 0 Å². The van der Waals surface area contributed by atoms with Crippen molar-refractivity contribution in [3.63, 3.8) is 0 Å². The second-order valence-corrected chi connectivity index (χ2v) is 12.8. The fraction of sp³-hybridized carbons (Fsp3) is 0.211. The van der Waals surface area contributed by atoms with Crippen molar-refractivity contribution in [2.75, 3.05) is 18.1 Å². The molecule has 1 aliphatic heterocycles. The van der Waals surface area contributed by atoms with Gasteiger partial charge in [0.1, 0.15) is 0 Å². The van der Waals surface area contributed by atoms with Crippen molar-refractivity contribution in [2.45, 2.75) is 32.0 Å². The first-order chi connectivity index (χ1) is 23.2. The summed E-state index contributed by atoms with van der Waals surface area (Å²) in [6.45, 7) is 2.31. The third kappa shape index (κ3) is 6.47. The number of anilines is 1. The topological polar surface area (TPSA) is 116 Å². The normalized spacial score (nSPS) is 16.4. The molecule has 10 heteroatoms. The number of carbonyl (C=O) groups excluding carboxylic acids is 2. The van der Waals surface area contributed by atoms with E-state index in [0.717, 1.165) is 16.5 Å². The summed E-state index contributed by atoms with van der Waals surface area (Å²) in [6.07, 6.45) is 5.07. The van der Waals surface area contributed by atoms with Gasteiger partial charge in [-0.25, -0.2) is 0 Å². The van der Waals surface area contributed by atoms with Crippen LogP contribution < -0.4 is 10.5 Å².